The zero-order chi connectivity index (χ0) is 12.3. The normalized spacial score (nSPS) is 14.4. The maximum atomic E-state index is 11.7. The predicted octanol–water partition coefficient (Wildman–Crippen LogP) is 2.72. The molecule has 2 unspecified atom stereocenters. The lowest BCUT2D eigenvalue weighted by molar-refractivity contribution is -0.136. The third-order valence-electron chi connectivity index (χ3n) is 2.09. The molecule has 3 nitrogen and oxygen atoms in total. The van der Waals surface area contributed by atoms with E-state index in [1.807, 2.05) is 0 Å². The predicted molar refractivity (Wildman–Crippen MR) is 65.4 cm³/mol. The first kappa shape index (κ1) is 13.5. The largest absolute Gasteiger partial charge is 0.480 e. The molecule has 0 heterocycles. The Balaban J connectivity index is 2.89. The molecule has 0 aliphatic heterocycles. The number of halogens is 2. The molecule has 1 rings (SSSR count). The fraction of sp³-hybridized carbons (Fsp3) is 0.300. The van der Waals surface area contributed by atoms with Gasteiger partial charge in [-0.25, -0.2) is 0 Å². The van der Waals surface area contributed by atoms with E-state index in [0.29, 0.717) is 15.6 Å². The highest BCUT2D eigenvalue weighted by molar-refractivity contribution is 7.85. The number of aliphatic carboxylic acids is 1. The van der Waals surface area contributed by atoms with Crippen molar-refractivity contribution in [2.45, 2.75) is 17.9 Å². The van der Waals surface area contributed by atoms with Crippen LogP contribution in [0.15, 0.2) is 18.2 Å². The smallest absolute Gasteiger partial charge is 0.318 e. The number of carbonyl (C=O) groups is 1. The summed E-state index contributed by atoms with van der Waals surface area (Å²) in [6.07, 6.45) is 0. The van der Waals surface area contributed by atoms with Gasteiger partial charge in [-0.3, -0.25) is 9.00 Å². The highest BCUT2D eigenvalue weighted by Crippen LogP contribution is 2.26. The number of benzene rings is 1. The zero-order valence-corrected chi connectivity index (χ0v) is 10.8. The van der Waals surface area contributed by atoms with Gasteiger partial charge in [-0.05, 0) is 19.1 Å². The summed E-state index contributed by atoms with van der Waals surface area (Å²) >= 11 is 11.8. The van der Waals surface area contributed by atoms with Gasteiger partial charge in [0.2, 0.25) is 0 Å². The Morgan fingerprint density at radius 1 is 1.44 bits per heavy atom. The number of carboxylic acids is 1. The van der Waals surface area contributed by atoms with Crippen LogP contribution in [0.2, 0.25) is 10.0 Å². The van der Waals surface area contributed by atoms with Crippen molar-refractivity contribution >= 4 is 40.0 Å². The van der Waals surface area contributed by atoms with Gasteiger partial charge in [0.1, 0.15) is 5.25 Å². The second-order valence-corrected chi connectivity index (χ2v) is 5.78. The molecule has 88 valence electrons. The molecule has 0 aliphatic carbocycles. The fourth-order valence-electron chi connectivity index (χ4n) is 1.05. The third kappa shape index (κ3) is 3.20. The number of carboxylic acid groups (broad SMARTS) is 1. The Bertz CT molecular complexity index is 414. The molecule has 0 aromatic heterocycles. The summed E-state index contributed by atoms with van der Waals surface area (Å²) in [5, 5.41) is 8.58. The highest BCUT2D eigenvalue weighted by Gasteiger charge is 2.20. The number of rotatable bonds is 4. The minimum atomic E-state index is -1.53. The molecule has 0 spiro atoms. The first-order chi connectivity index (χ1) is 7.43. The maximum absolute atomic E-state index is 11.7. The Morgan fingerprint density at radius 3 is 2.38 bits per heavy atom. The van der Waals surface area contributed by atoms with Crippen LogP contribution in [0, 0.1) is 0 Å². The average molecular weight is 281 g/mol. The summed E-state index contributed by atoms with van der Waals surface area (Å²) in [5.74, 6) is -1.05. The Kier molecular flexibility index (Phi) is 4.77. The lowest BCUT2D eigenvalue weighted by atomic mass is 10.2. The van der Waals surface area contributed by atoms with E-state index in [-0.39, 0.29) is 5.75 Å². The van der Waals surface area contributed by atoms with Crippen molar-refractivity contribution in [1.29, 1.82) is 0 Å². The average Bonchev–Trinajstić information content (AvgIpc) is 2.22. The summed E-state index contributed by atoms with van der Waals surface area (Å²) in [7, 11) is -1.53. The van der Waals surface area contributed by atoms with Gasteiger partial charge in [0.25, 0.3) is 0 Å². The molecule has 0 aliphatic rings. The Morgan fingerprint density at radius 2 is 1.94 bits per heavy atom. The van der Waals surface area contributed by atoms with Crippen LogP contribution in [-0.2, 0) is 21.3 Å². The van der Waals surface area contributed by atoms with Crippen LogP contribution in [0.3, 0.4) is 0 Å². The maximum Gasteiger partial charge on any atom is 0.318 e. The lowest BCUT2D eigenvalue weighted by Crippen LogP contribution is -2.23. The molecule has 0 bridgehead atoms. The van der Waals surface area contributed by atoms with Crippen LogP contribution >= 0.6 is 23.2 Å². The zero-order valence-electron chi connectivity index (χ0n) is 8.44. The molecule has 0 fully saturated rings. The molecule has 16 heavy (non-hydrogen) atoms. The van der Waals surface area contributed by atoms with E-state index in [4.69, 9.17) is 28.3 Å². The van der Waals surface area contributed by atoms with Crippen LogP contribution in [0.25, 0.3) is 0 Å². The van der Waals surface area contributed by atoms with Crippen LogP contribution in [0.5, 0.6) is 0 Å². The van der Waals surface area contributed by atoms with Crippen molar-refractivity contribution in [2.24, 2.45) is 0 Å². The van der Waals surface area contributed by atoms with Gasteiger partial charge in [-0.2, -0.15) is 0 Å². The van der Waals surface area contributed by atoms with Gasteiger partial charge in [-0.15, -0.1) is 0 Å². The van der Waals surface area contributed by atoms with E-state index >= 15 is 0 Å². The monoisotopic (exact) mass is 280 g/mol. The topological polar surface area (TPSA) is 54.4 Å². The van der Waals surface area contributed by atoms with Crippen LogP contribution in [0.4, 0.5) is 0 Å². The van der Waals surface area contributed by atoms with Gasteiger partial charge in [0.15, 0.2) is 0 Å². The van der Waals surface area contributed by atoms with Crippen LogP contribution < -0.4 is 0 Å². The van der Waals surface area contributed by atoms with Gasteiger partial charge in [0.05, 0.1) is 5.75 Å². The SMILES string of the molecule is CC(C(=O)O)S(=O)Cc1c(Cl)cccc1Cl. The first-order valence-corrected chi connectivity index (χ1v) is 6.60. The molecule has 6 heteroatoms. The molecule has 0 saturated heterocycles. The quantitative estimate of drug-likeness (QED) is 0.923. The first-order valence-electron chi connectivity index (χ1n) is 4.46. The minimum absolute atomic E-state index is 0.0476. The minimum Gasteiger partial charge on any atom is -0.480 e. The summed E-state index contributed by atoms with van der Waals surface area (Å²) in [6, 6.07) is 4.94. The second kappa shape index (κ2) is 5.66. The van der Waals surface area contributed by atoms with Gasteiger partial charge in [-0.1, -0.05) is 29.3 Å². The molecular formula is C10H10Cl2O3S. The van der Waals surface area contributed by atoms with E-state index < -0.39 is 22.0 Å². The van der Waals surface area contributed by atoms with Gasteiger partial charge >= 0.3 is 5.97 Å². The molecule has 1 N–H and O–H groups in total. The number of hydrogen-bond acceptors (Lipinski definition) is 2. The second-order valence-electron chi connectivity index (χ2n) is 3.21. The van der Waals surface area contributed by atoms with E-state index in [1.165, 1.54) is 6.92 Å². The summed E-state index contributed by atoms with van der Waals surface area (Å²) < 4.78 is 11.7. The molecule has 1 aromatic rings. The Labute approximate surface area is 106 Å². The Hall–Kier alpha value is -0.580. The van der Waals surface area contributed by atoms with Crippen LogP contribution in [-0.4, -0.2) is 20.5 Å². The third-order valence-corrected chi connectivity index (χ3v) is 4.36. The standard InChI is InChI=1S/C10H10Cl2O3S/c1-6(10(13)14)16(15)5-7-8(11)3-2-4-9(7)12/h2-4,6H,5H2,1H3,(H,13,14). The molecule has 0 amide bonds. The van der Waals surface area contributed by atoms with Gasteiger partial charge in [0, 0.05) is 26.4 Å². The summed E-state index contributed by atoms with van der Waals surface area (Å²) in [4.78, 5) is 10.6. The van der Waals surface area contributed by atoms with Crippen molar-refractivity contribution in [3.63, 3.8) is 0 Å². The molecule has 0 saturated carbocycles. The van der Waals surface area contributed by atoms with Crippen molar-refractivity contribution < 1.29 is 14.1 Å². The fourth-order valence-corrected chi connectivity index (χ4v) is 2.81. The van der Waals surface area contributed by atoms with Gasteiger partial charge < -0.3 is 5.11 Å². The molecular weight excluding hydrogens is 271 g/mol. The van der Waals surface area contributed by atoms with Crippen molar-refractivity contribution in [1.82, 2.24) is 0 Å². The molecule has 1 aromatic carbocycles. The highest BCUT2D eigenvalue weighted by atomic mass is 35.5. The van der Waals surface area contributed by atoms with E-state index in [0.717, 1.165) is 0 Å². The van der Waals surface area contributed by atoms with Crippen LogP contribution in [0.1, 0.15) is 12.5 Å². The molecule has 2 atom stereocenters. The van der Waals surface area contributed by atoms with E-state index in [9.17, 15) is 9.00 Å². The van der Waals surface area contributed by atoms with E-state index in [1.54, 1.807) is 18.2 Å². The van der Waals surface area contributed by atoms with Crippen molar-refractivity contribution in [3.8, 4) is 0 Å². The van der Waals surface area contributed by atoms with Crippen molar-refractivity contribution in [3.05, 3.63) is 33.8 Å². The lowest BCUT2D eigenvalue weighted by Gasteiger charge is -2.09. The summed E-state index contributed by atoms with van der Waals surface area (Å²) in [6.45, 7) is 1.39. The summed E-state index contributed by atoms with van der Waals surface area (Å²) in [5.41, 5.74) is 0.525. The molecule has 0 radical (unpaired) electrons. The van der Waals surface area contributed by atoms with Crippen molar-refractivity contribution in [2.75, 3.05) is 0 Å². The van der Waals surface area contributed by atoms with E-state index in [2.05, 4.69) is 0 Å². The number of hydrogen-bond donors (Lipinski definition) is 1.